The van der Waals surface area contributed by atoms with Crippen LogP contribution in [0, 0.1) is 0 Å². The van der Waals surface area contributed by atoms with Crippen molar-refractivity contribution in [1.29, 1.82) is 0 Å². The van der Waals surface area contributed by atoms with Crippen molar-refractivity contribution in [3.8, 4) is 0 Å². The summed E-state index contributed by atoms with van der Waals surface area (Å²) in [4.78, 5) is 8.33. The fourth-order valence-corrected chi connectivity index (χ4v) is 0. The summed E-state index contributed by atoms with van der Waals surface area (Å²) in [6.45, 7) is 0. The Morgan fingerprint density at radius 3 is 1.29 bits per heavy atom. The minimum atomic E-state index is -2.33. The molecule has 0 saturated heterocycles. The third-order valence-corrected chi connectivity index (χ3v) is 0. The van der Waals surface area contributed by atoms with E-state index in [0.29, 0.717) is 0 Å². The van der Waals surface area contributed by atoms with Crippen LogP contribution in [-0.4, -0.2) is 6.16 Å². The molecular formula is CFeNiO4. The molecule has 0 aliphatic carbocycles. The van der Waals surface area contributed by atoms with E-state index in [2.05, 4.69) is 0 Å². The zero-order valence-corrected chi connectivity index (χ0v) is 4.89. The first-order valence-electron chi connectivity index (χ1n) is 0.757. The molecule has 0 saturated carbocycles. The summed E-state index contributed by atoms with van der Waals surface area (Å²) < 4.78 is 8.00. The van der Waals surface area contributed by atoms with Gasteiger partial charge < -0.3 is 15.0 Å². The molecule has 0 amide bonds. The average Bonchev–Trinajstić information content (AvgIpc) is 1.41. The van der Waals surface area contributed by atoms with E-state index in [9.17, 15) is 0 Å². The van der Waals surface area contributed by atoms with Gasteiger partial charge in [0.05, 0.1) is 0 Å². The van der Waals surface area contributed by atoms with Crippen molar-refractivity contribution in [2.45, 2.75) is 0 Å². The Hall–Kier alpha value is 0.0830. The SMILES string of the molecule is O=C([O-])[O-].[Ni+2].[O]=[Fe]. The number of rotatable bonds is 0. The van der Waals surface area contributed by atoms with E-state index in [-0.39, 0.29) is 16.5 Å². The number of carbonyl (C=O) groups excluding carboxylic acids is 1. The maximum atomic E-state index is 8.33. The molecule has 0 aromatic heterocycles. The molecule has 0 aliphatic rings. The van der Waals surface area contributed by atoms with Gasteiger partial charge in [-0.25, -0.2) is 0 Å². The molecule has 4 nitrogen and oxygen atoms in total. The van der Waals surface area contributed by atoms with Crippen molar-refractivity contribution in [3.63, 3.8) is 0 Å². The van der Waals surface area contributed by atoms with Gasteiger partial charge in [0, 0.05) is 0 Å². The minimum absolute atomic E-state index is 0. The molecule has 46 valence electrons. The Bertz CT molecular complexity index is 43.0. The van der Waals surface area contributed by atoms with Crippen LogP contribution in [0.15, 0.2) is 0 Å². The molecule has 0 N–H and O–H groups in total. The van der Waals surface area contributed by atoms with Gasteiger partial charge in [-0.15, -0.1) is 0 Å². The molecule has 0 radical (unpaired) electrons. The number of carbonyl (C=O) groups is 1. The van der Waals surface area contributed by atoms with Crippen LogP contribution in [0.2, 0.25) is 0 Å². The van der Waals surface area contributed by atoms with Crippen LogP contribution in [-0.2, 0) is 36.3 Å². The second-order valence-corrected chi connectivity index (χ2v) is 0.250. The monoisotopic (exact) mass is 190 g/mol. The summed E-state index contributed by atoms with van der Waals surface area (Å²) >= 11 is 2.00. The normalized spacial score (nSPS) is 4.14. The van der Waals surface area contributed by atoms with E-state index in [0.717, 1.165) is 0 Å². The van der Waals surface area contributed by atoms with Gasteiger partial charge >= 0.3 is 36.3 Å². The van der Waals surface area contributed by atoms with Crippen molar-refractivity contribution >= 4 is 6.16 Å². The molecule has 0 bridgehead atoms. The van der Waals surface area contributed by atoms with E-state index < -0.39 is 6.16 Å². The standard InChI is InChI=1S/CH2O3.Fe.Ni.O/c2-1(3)4;;;/h(H2,2,3,4);;;/q;;+2;/p-2. The fourth-order valence-electron chi connectivity index (χ4n) is 0. The van der Waals surface area contributed by atoms with E-state index >= 15 is 0 Å². The Labute approximate surface area is 57.8 Å². The number of hydrogen-bond donors (Lipinski definition) is 0. The molecule has 0 heterocycles. The molecule has 0 rings (SSSR count). The third-order valence-electron chi connectivity index (χ3n) is 0. The first-order chi connectivity index (χ1) is 2.73. The second kappa shape index (κ2) is 16.5. The van der Waals surface area contributed by atoms with Gasteiger partial charge in [-0.1, -0.05) is 0 Å². The summed E-state index contributed by atoms with van der Waals surface area (Å²) in [5.41, 5.74) is 0. The van der Waals surface area contributed by atoms with Crippen LogP contribution in [0.25, 0.3) is 0 Å². The van der Waals surface area contributed by atoms with Crippen LogP contribution >= 0.6 is 0 Å². The molecule has 0 spiro atoms. The third kappa shape index (κ3) is 14700. The van der Waals surface area contributed by atoms with Crippen LogP contribution in [0.3, 0.4) is 0 Å². The van der Waals surface area contributed by atoms with Gasteiger partial charge in [0.2, 0.25) is 0 Å². The zero-order valence-electron chi connectivity index (χ0n) is 2.80. The Morgan fingerprint density at radius 1 is 1.29 bits per heavy atom. The Kier molecular flexibility index (Phi) is 37.1. The summed E-state index contributed by atoms with van der Waals surface area (Å²) in [6, 6.07) is 0. The maximum absolute atomic E-state index is 8.33. The van der Waals surface area contributed by atoms with Gasteiger partial charge in [-0.05, 0) is 6.16 Å². The fraction of sp³-hybridized carbons (Fsp3) is 0. The molecular weight excluding hydrogens is 191 g/mol. The molecule has 6 heteroatoms. The number of hydrogen-bond acceptors (Lipinski definition) is 4. The summed E-state index contributed by atoms with van der Waals surface area (Å²) in [6.07, 6.45) is -2.33. The van der Waals surface area contributed by atoms with Gasteiger partial charge in [-0.2, -0.15) is 0 Å². The summed E-state index contributed by atoms with van der Waals surface area (Å²) in [7, 11) is 0. The topological polar surface area (TPSA) is 80.3 Å². The Balaban J connectivity index is -0.0000000480. The van der Waals surface area contributed by atoms with Crippen molar-refractivity contribution in [1.82, 2.24) is 0 Å². The van der Waals surface area contributed by atoms with Crippen molar-refractivity contribution in [2.75, 3.05) is 0 Å². The quantitative estimate of drug-likeness (QED) is 0.393. The van der Waals surface area contributed by atoms with E-state index in [1.54, 1.807) is 0 Å². The molecule has 7 heavy (non-hydrogen) atoms. The van der Waals surface area contributed by atoms with Crippen molar-refractivity contribution in [3.05, 3.63) is 0 Å². The van der Waals surface area contributed by atoms with Gasteiger partial charge in [0.15, 0.2) is 0 Å². The van der Waals surface area contributed by atoms with Gasteiger partial charge in [-0.3, -0.25) is 0 Å². The number of carboxylic acid groups (broad SMARTS) is 2. The van der Waals surface area contributed by atoms with Crippen molar-refractivity contribution in [2.24, 2.45) is 0 Å². The predicted octanol–water partition coefficient (Wildman–Crippen LogP) is -2.57. The summed E-state index contributed by atoms with van der Waals surface area (Å²) in [5, 5.41) is 16.7. The van der Waals surface area contributed by atoms with Crippen LogP contribution < -0.4 is 10.2 Å². The van der Waals surface area contributed by atoms with E-state index in [1.165, 1.54) is 0 Å². The van der Waals surface area contributed by atoms with Crippen LogP contribution in [0.4, 0.5) is 4.79 Å². The van der Waals surface area contributed by atoms with E-state index in [1.807, 2.05) is 15.9 Å². The first kappa shape index (κ1) is 15.7. The predicted molar refractivity (Wildman–Crippen MR) is 6.08 cm³/mol. The molecule has 0 fully saturated rings. The van der Waals surface area contributed by atoms with Crippen LogP contribution in [0.5, 0.6) is 0 Å². The Morgan fingerprint density at radius 2 is 1.29 bits per heavy atom. The molecule has 0 unspecified atom stereocenters. The van der Waals surface area contributed by atoms with Gasteiger partial charge in [0.1, 0.15) is 0 Å². The van der Waals surface area contributed by atoms with Crippen molar-refractivity contribution < 1.29 is 51.3 Å². The van der Waals surface area contributed by atoms with E-state index in [4.69, 9.17) is 18.8 Å². The molecule has 0 aromatic carbocycles. The zero-order chi connectivity index (χ0) is 5.58. The second-order valence-electron chi connectivity index (χ2n) is 0.250. The first-order valence-corrected chi connectivity index (χ1v) is 1.21. The van der Waals surface area contributed by atoms with Gasteiger partial charge in [0.25, 0.3) is 0 Å². The average molecular weight is 191 g/mol. The molecule has 0 aliphatic heterocycles. The summed E-state index contributed by atoms with van der Waals surface area (Å²) in [5.74, 6) is 0. The molecule has 0 aromatic rings. The molecule has 0 atom stereocenters. The van der Waals surface area contributed by atoms with Crippen LogP contribution in [0.1, 0.15) is 0 Å².